The summed E-state index contributed by atoms with van der Waals surface area (Å²) < 4.78 is 13.3. The molecule has 3 aromatic rings. The third-order valence-corrected chi connectivity index (χ3v) is 4.26. The first kappa shape index (κ1) is 19.2. The zero-order chi connectivity index (χ0) is 19.6. The number of amidine groups is 1. The van der Waals surface area contributed by atoms with Crippen LogP contribution in [0.25, 0.3) is 11.2 Å². The van der Waals surface area contributed by atoms with Gasteiger partial charge < -0.3 is 10.3 Å². The number of halogens is 2. The van der Waals surface area contributed by atoms with E-state index in [0.717, 1.165) is 18.4 Å². The van der Waals surface area contributed by atoms with Crippen molar-refractivity contribution in [2.75, 3.05) is 11.6 Å². The van der Waals surface area contributed by atoms with E-state index in [1.165, 1.54) is 18.3 Å². The lowest BCUT2D eigenvalue weighted by Crippen LogP contribution is -2.27. The standard InChI is InChI=1S/C18H20ClFN6O/c1-10(2)22-8-6-15-24-16-12(5-7-23-18(16)25-15)17(21)26(27)11-3-4-14(20)13(19)9-11/h3-5,7,9-10,21-22,27H,6,8H2,1-2H3,(H,23,24,25). The summed E-state index contributed by atoms with van der Waals surface area (Å²) in [5.41, 5.74) is 1.60. The molecule has 0 aliphatic rings. The molecule has 0 radical (unpaired) electrons. The van der Waals surface area contributed by atoms with Crippen molar-refractivity contribution in [1.82, 2.24) is 20.3 Å². The summed E-state index contributed by atoms with van der Waals surface area (Å²) in [6, 6.07) is 5.70. The van der Waals surface area contributed by atoms with Gasteiger partial charge in [0, 0.05) is 30.8 Å². The van der Waals surface area contributed by atoms with Crippen molar-refractivity contribution < 1.29 is 9.60 Å². The lowest BCUT2D eigenvalue weighted by Gasteiger charge is -2.18. The number of fused-ring (bicyclic) bond motifs is 1. The van der Waals surface area contributed by atoms with Gasteiger partial charge in [-0.05, 0) is 24.3 Å². The number of H-pyrrole nitrogens is 1. The molecule has 0 amide bonds. The first-order chi connectivity index (χ1) is 12.9. The average Bonchev–Trinajstić information content (AvgIpc) is 3.05. The molecule has 2 heterocycles. The Labute approximate surface area is 160 Å². The summed E-state index contributed by atoms with van der Waals surface area (Å²) in [5.74, 6) is -0.0688. The van der Waals surface area contributed by atoms with Crippen LogP contribution in [0.2, 0.25) is 5.02 Å². The molecular formula is C18H20ClFN6O. The van der Waals surface area contributed by atoms with Crippen molar-refractivity contribution in [2.24, 2.45) is 0 Å². The molecule has 7 nitrogen and oxygen atoms in total. The van der Waals surface area contributed by atoms with Crippen LogP contribution in [0.4, 0.5) is 10.1 Å². The molecule has 0 spiro atoms. The minimum atomic E-state index is -0.597. The molecule has 0 fully saturated rings. The Kier molecular flexibility index (Phi) is 5.69. The Balaban J connectivity index is 1.87. The Morgan fingerprint density at radius 1 is 1.41 bits per heavy atom. The van der Waals surface area contributed by atoms with Gasteiger partial charge in [-0.15, -0.1) is 0 Å². The topological polar surface area (TPSA) is 101 Å². The first-order valence-corrected chi connectivity index (χ1v) is 8.84. The van der Waals surface area contributed by atoms with E-state index in [-0.39, 0.29) is 16.5 Å². The third-order valence-electron chi connectivity index (χ3n) is 3.97. The highest BCUT2D eigenvalue weighted by Crippen LogP contribution is 2.24. The molecule has 0 aliphatic heterocycles. The Hall–Kier alpha value is -2.55. The van der Waals surface area contributed by atoms with E-state index in [1.54, 1.807) is 6.07 Å². The monoisotopic (exact) mass is 390 g/mol. The zero-order valence-electron chi connectivity index (χ0n) is 14.9. The van der Waals surface area contributed by atoms with E-state index in [4.69, 9.17) is 17.0 Å². The number of rotatable bonds is 6. The van der Waals surface area contributed by atoms with Crippen LogP contribution in [0.5, 0.6) is 0 Å². The number of nitrogens with zero attached hydrogens (tertiary/aromatic N) is 3. The molecule has 0 saturated heterocycles. The summed E-state index contributed by atoms with van der Waals surface area (Å²) >= 11 is 5.76. The van der Waals surface area contributed by atoms with E-state index in [1.807, 2.05) is 0 Å². The van der Waals surface area contributed by atoms with E-state index in [0.29, 0.717) is 34.3 Å². The molecule has 0 atom stereocenters. The van der Waals surface area contributed by atoms with Gasteiger partial charge >= 0.3 is 0 Å². The number of nitrogens with one attached hydrogen (secondary N) is 3. The van der Waals surface area contributed by atoms with Gasteiger partial charge in [0.25, 0.3) is 0 Å². The molecular weight excluding hydrogens is 371 g/mol. The van der Waals surface area contributed by atoms with Crippen molar-refractivity contribution in [3.8, 4) is 0 Å². The Morgan fingerprint density at radius 2 is 2.19 bits per heavy atom. The molecule has 0 aliphatic carbocycles. The number of aromatic nitrogens is 3. The van der Waals surface area contributed by atoms with Crippen molar-refractivity contribution in [2.45, 2.75) is 26.3 Å². The van der Waals surface area contributed by atoms with E-state index in [2.05, 4.69) is 34.1 Å². The summed E-state index contributed by atoms with van der Waals surface area (Å²) in [6.45, 7) is 4.89. The van der Waals surface area contributed by atoms with E-state index < -0.39 is 5.82 Å². The van der Waals surface area contributed by atoms with Crippen LogP contribution >= 0.6 is 11.6 Å². The van der Waals surface area contributed by atoms with Crippen LogP contribution in [-0.2, 0) is 6.42 Å². The van der Waals surface area contributed by atoms with Gasteiger partial charge in [0.15, 0.2) is 11.5 Å². The number of pyridine rings is 1. The van der Waals surface area contributed by atoms with Crippen molar-refractivity contribution in [3.05, 3.63) is 52.7 Å². The number of imidazole rings is 1. The second-order valence-corrected chi connectivity index (χ2v) is 6.77. The molecule has 27 heavy (non-hydrogen) atoms. The molecule has 142 valence electrons. The second kappa shape index (κ2) is 7.99. The van der Waals surface area contributed by atoms with Crippen molar-refractivity contribution in [1.29, 1.82) is 5.41 Å². The quantitative estimate of drug-likeness (QED) is 0.293. The van der Waals surface area contributed by atoms with Crippen LogP contribution in [0.15, 0.2) is 30.5 Å². The van der Waals surface area contributed by atoms with Gasteiger partial charge in [0.05, 0.1) is 16.2 Å². The van der Waals surface area contributed by atoms with Crippen LogP contribution in [0.3, 0.4) is 0 Å². The smallest absolute Gasteiger partial charge is 0.178 e. The number of aromatic amines is 1. The minimum absolute atomic E-state index is 0.138. The zero-order valence-corrected chi connectivity index (χ0v) is 15.7. The SMILES string of the molecule is CC(C)NCCc1nc2nccc(C(=N)N(O)c3ccc(F)c(Cl)c3)c2[nH]1. The van der Waals surface area contributed by atoms with E-state index in [9.17, 15) is 9.60 Å². The van der Waals surface area contributed by atoms with Crippen LogP contribution < -0.4 is 10.4 Å². The highest BCUT2D eigenvalue weighted by Gasteiger charge is 2.18. The number of hydroxylamine groups is 1. The number of anilines is 1. The first-order valence-electron chi connectivity index (χ1n) is 8.46. The summed E-state index contributed by atoms with van der Waals surface area (Å²) in [4.78, 5) is 11.8. The summed E-state index contributed by atoms with van der Waals surface area (Å²) in [6.07, 6.45) is 2.20. The second-order valence-electron chi connectivity index (χ2n) is 6.36. The minimum Gasteiger partial charge on any atom is -0.340 e. The van der Waals surface area contributed by atoms with Crippen LogP contribution in [0.1, 0.15) is 25.2 Å². The van der Waals surface area contributed by atoms with Gasteiger partial charge in [-0.2, -0.15) is 0 Å². The van der Waals surface area contributed by atoms with Gasteiger partial charge in [0.1, 0.15) is 11.6 Å². The van der Waals surface area contributed by atoms with Gasteiger partial charge in [0.2, 0.25) is 0 Å². The highest BCUT2D eigenvalue weighted by atomic mass is 35.5. The molecule has 0 unspecified atom stereocenters. The van der Waals surface area contributed by atoms with Crippen LogP contribution in [0, 0.1) is 11.2 Å². The van der Waals surface area contributed by atoms with Crippen LogP contribution in [-0.4, -0.2) is 38.6 Å². The summed E-state index contributed by atoms with van der Waals surface area (Å²) in [5, 5.41) is 22.5. The van der Waals surface area contributed by atoms with Gasteiger partial charge in [-0.25, -0.2) is 19.4 Å². The average molecular weight is 391 g/mol. The number of hydrogen-bond donors (Lipinski definition) is 4. The fourth-order valence-corrected chi connectivity index (χ4v) is 2.79. The maximum atomic E-state index is 13.3. The largest absolute Gasteiger partial charge is 0.340 e. The third kappa shape index (κ3) is 4.24. The fourth-order valence-electron chi connectivity index (χ4n) is 2.61. The molecule has 4 N–H and O–H groups in total. The maximum absolute atomic E-state index is 13.3. The maximum Gasteiger partial charge on any atom is 0.178 e. The van der Waals surface area contributed by atoms with Crippen molar-refractivity contribution in [3.63, 3.8) is 0 Å². The number of benzene rings is 1. The number of hydrogen-bond acceptors (Lipinski definition) is 5. The normalized spacial score (nSPS) is 11.3. The predicted molar refractivity (Wildman–Crippen MR) is 103 cm³/mol. The molecule has 3 rings (SSSR count). The van der Waals surface area contributed by atoms with E-state index >= 15 is 0 Å². The lowest BCUT2D eigenvalue weighted by molar-refractivity contribution is 0.312. The molecule has 1 aromatic carbocycles. The van der Waals surface area contributed by atoms with Gasteiger partial charge in [-0.3, -0.25) is 10.6 Å². The Morgan fingerprint density at radius 3 is 2.89 bits per heavy atom. The van der Waals surface area contributed by atoms with Crippen molar-refractivity contribution >= 4 is 34.3 Å². The lowest BCUT2D eigenvalue weighted by atomic mass is 10.2. The predicted octanol–water partition coefficient (Wildman–Crippen LogP) is 3.51. The Bertz CT molecular complexity index is 974. The molecule has 0 saturated carbocycles. The molecule has 9 heteroatoms. The molecule has 0 bridgehead atoms. The molecule has 2 aromatic heterocycles. The highest BCUT2D eigenvalue weighted by molar-refractivity contribution is 6.31. The van der Waals surface area contributed by atoms with Gasteiger partial charge in [-0.1, -0.05) is 25.4 Å². The summed E-state index contributed by atoms with van der Waals surface area (Å²) in [7, 11) is 0. The fraction of sp³-hybridized carbons (Fsp3) is 0.278.